The van der Waals surface area contributed by atoms with E-state index in [-0.39, 0.29) is 0 Å². The zero-order chi connectivity index (χ0) is 12.7. The molecule has 1 fully saturated rings. The van der Waals surface area contributed by atoms with E-state index in [9.17, 15) is 0 Å². The molecule has 1 aliphatic rings. The minimum Gasteiger partial charge on any atom is -0.347 e. The Kier molecular flexibility index (Phi) is 2.90. The Hall–Kier alpha value is -1.28. The Bertz CT molecular complexity index is 574. The molecule has 1 N–H and O–H groups in total. The molecule has 0 bridgehead atoms. The van der Waals surface area contributed by atoms with E-state index in [0.717, 1.165) is 6.54 Å². The van der Waals surface area contributed by atoms with E-state index in [2.05, 4.69) is 49.0 Å². The van der Waals surface area contributed by atoms with Crippen molar-refractivity contribution >= 4 is 10.9 Å². The van der Waals surface area contributed by atoms with Crippen LogP contribution in [-0.2, 0) is 7.05 Å². The van der Waals surface area contributed by atoms with Crippen molar-refractivity contribution in [3.05, 3.63) is 35.0 Å². The van der Waals surface area contributed by atoms with E-state index in [0.29, 0.717) is 5.92 Å². The van der Waals surface area contributed by atoms with Gasteiger partial charge in [0.25, 0.3) is 0 Å². The number of aryl methyl sites for hydroxylation is 3. The van der Waals surface area contributed by atoms with E-state index in [1.807, 2.05) is 0 Å². The molecule has 96 valence electrons. The van der Waals surface area contributed by atoms with Crippen LogP contribution in [0.3, 0.4) is 0 Å². The Labute approximate surface area is 109 Å². The first-order valence-electron chi connectivity index (χ1n) is 6.94. The van der Waals surface area contributed by atoms with Crippen molar-refractivity contribution in [1.82, 2.24) is 9.88 Å². The molecule has 3 rings (SSSR count). The maximum absolute atomic E-state index is 3.52. The fourth-order valence-corrected chi connectivity index (χ4v) is 3.32. The largest absolute Gasteiger partial charge is 0.347 e. The number of rotatable bonds is 1. The predicted molar refractivity (Wildman–Crippen MR) is 77.2 cm³/mol. The molecular formula is C16H22N2. The lowest BCUT2D eigenvalue weighted by molar-refractivity contribution is 0.448. The topological polar surface area (TPSA) is 17.0 Å². The van der Waals surface area contributed by atoms with E-state index in [1.165, 1.54) is 47.1 Å². The Morgan fingerprint density at radius 1 is 1.22 bits per heavy atom. The van der Waals surface area contributed by atoms with Gasteiger partial charge in [0.05, 0.1) is 5.52 Å². The van der Waals surface area contributed by atoms with Gasteiger partial charge >= 0.3 is 0 Å². The molecule has 0 amide bonds. The van der Waals surface area contributed by atoms with Crippen molar-refractivity contribution in [1.29, 1.82) is 0 Å². The van der Waals surface area contributed by atoms with Crippen LogP contribution in [0.1, 0.15) is 35.6 Å². The van der Waals surface area contributed by atoms with E-state index < -0.39 is 0 Å². The van der Waals surface area contributed by atoms with E-state index >= 15 is 0 Å². The number of nitrogens with zero attached hydrogens (tertiary/aromatic N) is 1. The third kappa shape index (κ3) is 1.76. The van der Waals surface area contributed by atoms with E-state index in [4.69, 9.17) is 0 Å². The Balaban J connectivity index is 2.16. The average Bonchev–Trinajstić information content (AvgIpc) is 2.74. The van der Waals surface area contributed by atoms with Crippen molar-refractivity contribution in [2.24, 2.45) is 7.05 Å². The summed E-state index contributed by atoms with van der Waals surface area (Å²) < 4.78 is 2.41. The molecule has 2 heteroatoms. The van der Waals surface area contributed by atoms with Crippen molar-refractivity contribution < 1.29 is 0 Å². The maximum Gasteiger partial charge on any atom is 0.0512 e. The molecule has 1 unspecified atom stereocenters. The quantitative estimate of drug-likeness (QED) is 0.812. The fraction of sp³-hybridized carbons (Fsp3) is 0.500. The van der Waals surface area contributed by atoms with Gasteiger partial charge in [-0.3, -0.25) is 0 Å². The van der Waals surface area contributed by atoms with Gasteiger partial charge in [-0.25, -0.2) is 0 Å². The molecule has 0 aliphatic carbocycles. The first kappa shape index (κ1) is 11.8. The summed E-state index contributed by atoms with van der Waals surface area (Å²) in [6, 6.07) is 6.89. The predicted octanol–water partition coefficient (Wildman–Crippen LogP) is 3.26. The highest BCUT2D eigenvalue weighted by atomic mass is 15.0. The summed E-state index contributed by atoms with van der Waals surface area (Å²) in [5.41, 5.74) is 5.68. The first-order chi connectivity index (χ1) is 8.68. The SMILES string of the molecule is Cc1ccc(C)c2c1cc(C1CCCNC1)n2C. The molecule has 1 aromatic carbocycles. The minimum atomic E-state index is 0.676. The Morgan fingerprint density at radius 3 is 2.67 bits per heavy atom. The van der Waals surface area contributed by atoms with Crippen LogP contribution in [0.25, 0.3) is 10.9 Å². The lowest BCUT2D eigenvalue weighted by atomic mass is 9.96. The molecule has 2 aromatic rings. The molecule has 0 saturated carbocycles. The van der Waals surface area contributed by atoms with Crippen molar-refractivity contribution in [2.45, 2.75) is 32.6 Å². The second kappa shape index (κ2) is 4.43. The number of aromatic nitrogens is 1. The summed E-state index contributed by atoms with van der Waals surface area (Å²) in [5.74, 6) is 0.676. The highest BCUT2D eigenvalue weighted by Gasteiger charge is 2.20. The van der Waals surface area contributed by atoms with Crippen LogP contribution < -0.4 is 5.32 Å². The molecular weight excluding hydrogens is 220 g/mol. The minimum absolute atomic E-state index is 0.676. The lowest BCUT2D eigenvalue weighted by Crippen LogP contribution is -2.29. The summed E-state index contributed by atoms with van der Waals surface area (Å²) in [4.78, 5) is 0. The zero-order valence-corrected chi connectivity index (χ0v) is 11.6. The molecule has 1 atom stereocenters. The van der Waals surface area contributed by atoms with Crippen LogP contribution in [0.2, 0.25) is 0 Å². The summed E-state index contributed by atoms with van der Waals surface area (Å²) in [7, 11) is 2.22. The van der Waals surface area contributed by atoms with Crippen LogP contribution in [0, 0.1) is 13.8 Å². The molecule has 18 heavy (non-hydrogen) atoms. The molecule has 2 heterocycles. The first-order valence-corrected chi connectivity index (χ1v) is 6.94. The Morgan fingerprint density at radius 2 is 2.00 bits per heavy atom. The number of piperidine rings is 1. The van der Waals surface area contributed by atoms with Crippen molar-refractivity contribution in [3.63, 3.8) is 0 Å². The number of hydrogen-bond acceptors (Lipinski definition) is 1. The van der Waals surface area contributed by atoms with Crippen molar-refractivity contribution in [2.75, 3.05) is 13.1 Å². The van der Waals surface area contributed by atoms with Crippen LogP contribution in [0.4, 0.5) is 0 Å². The fourth-order valence-electron chi connectivity index (χ4n) is 3.32. The molecule has 1 saturated heterocycles. The summed E-state index contributed by atoms with van der Waals surface area (Å²) >= 11 is 0. The number of benzene rings is 1. The average molecular weight is 242 g/mol. The van der Waals surface area contributed by atoms with Gasteiger partial charge in [-0.1, -0.05) is 12.1 Å². The van der Waals surface area contributed by atoms with Crippen LogP contribution in [0.15, 0.2) is 18.2 Å². The van der Waals surface area contributed by atoms with Gasteiger partial charge in [0.15, 0.2) is 0 Å². The van der Waals surface area contributed by atoms with Crippen molar-refractivity contribution in [3.8, 4) is 0 Å². The molecule has 1 aromatic heterocycles. The highest BCUT2D eigenvalue weighted by molar-refractivity contribution is 5.87. The van der Waals surface area contributed by atoms with Gasteiger partial charge < -0.3 is 9.88 Å². The summed E-state index contributed by atoms with van der Waals surface area (Å²) in [6.45, 7) is 6.73. The molecule has 1 aliphatic heterocycles. The van der Waals surface area contributed by atoms with Crippen LogP contribution >= 0.6 is 0 Å². The van der Waals surface area contributed by atoms with Gasteiger partial charge in [-0.15, -0.1) is 0 Å². The normalized spacial score (nSPS) is 20.5. The standard InChI is InChI=1S/C16H22N2/c1-11-6-7-12(2)16-14(11)9-15(18(16)3)13-5-4-8-17-10-13/h6-7,9,13,17H,4-5,8,10H2,1-3H3. The molecule has 2 nitrogen and oxygen atoms in total. The monoisotopic (exact) mass is 242 g/mol. The number of nitrogens with one attached hydrogen (secondary N) is 1. The van der Waals surface area contributed by atoms with Crippen LogP contribution in [-0.4, -0.2) is 17.7 Å². The maximum atomic E-state index is 3.52. The zero-order valence-electron chi connectivity index (χ0n) is 11.6. The second-order valence-electron chi connectivity index (χ2n) is 5.63. The number of fused-ring (bicyclic) bond motifs is 1. The van der Waals surface area contributed by atoms with Gasteiger partial charge in [0, 0.05) is 30.6 Å². The molecule has 0 spiro atoms. The molecule has 0 radical (unpaired) electrons. The smallest absolute Gasteiger partial charge is 0.0512 e. The lowest BCUT2D eigenvalue weighted by Gasteiger charge is -2.23. The highest BCUT2D eigenvalue weighted by Crippen LogP contribution is 2.31. The van der Waals surface area contributed by atoms with Gasteiger partial charge in [0.2, 0.25) is 0 Å². The van der Waals surface area contributed by atoms with Gasteiger partial charge in [-0.2, -0.15) is 0 Å². The van der Waals surface area contributed by atoms with Crippen LogP contribution in [0.5, 0.6) is 0 Å². The third-order valence-corrected chi connectivity index (χ3v) is 4.37. The van der Waals surface area contributed by atoms with E-state index in [1.54, 1.807) is 0 Å². The third-order valence-electron chi connectivity index (χ3n) is 4.37. The summed E-state index contributed by atoms with van der Waals surface area (Å²) in [5, 5.41) is 4.95. The second-order valence-corrected chi connectivity index (χ2v) is 5.63. The summed E-state index contributed by atoms with van der Waals surface area (Å²) in [6.07, 6.45) is 2.61. The number of hydrogen-bond donors (Lipinski definition) is 1. The van der Waals surface area contributed by atoms with Gasteiger partial charge in [0.1, 0.15) is 0 Å². The van der Waals surface area contributed by atoms with Gasteiger partial charge in [-0.05, 0) is 50.4 Å².